The van der Waals surface area contributed by atoms with Crippen LogP contribution in [0.2, 0.25) is 0 Å². The number of sulfonamides is 1. The molecule has 2 N–H and O–H groups in total. The van der Waals surface area contributed by atoms with Gasteiger partial charge in [-0.05, 0) is 6.07 Å². The first-order valence-corrected chi connectivity index (χ1v) is 7.29. The first kappa shape index (κ1) is 14.8. The third kappa shape index (κ3) is 3.11. The van der Waals surface area contributed by atoms with Gasteiger partial charge in [0.25, 0.3) is 15.7 Å². The first-order chi connectivity index (χ1) is 9.83. The molecule has 0 amide bonds. The van der Waals surface area contributed by atoms with Gasteiger partial charge < -0.3 is 5.32 Å². The number of anilines is 2. The van der Waals surface area contributed by atoms with Crippen molar-refractivity contribution in [2.24, 2.45) is 7.05 Å². The molecular formula is C11H13N5O4S. The van der Waals surface area contributed by atoms with Crippen molar-refractivity contribution in [2.75, 3.05) is 17.1 Å². The highest BCUT2D eigenvalue weighted by Crippen LogP contribution is 2.27. The van der Waals surface area contributed by atoms with Gasteiger partial charge in [-0.25, -0.2) is 8.42 Å². The standard InChI is InChI=1S/C11H13N5O4S/c1-12-10-5-9(16(17)18)3-4-11(10)21(19,20)14-8-6-13-15(2)7-8/h3-7,12,14H,1-2H3. The lowest BCUT2D eigenvalue weighted by molar-refractivity contribution is -0.384. The van der Waals surface area contributed by atoms with Crippen LogP contribution in [0.1, 0.15) is 0 Å². The molecule has 2 rings (SSSR count). The van der Waals surface area contributed by atoms with Gasteiger partial charge in [-0.3, -0.25) is 19.5 Å². The molecule has 0 unspecified atom stereocenters. The number of nitro groups is 1. The van der Waals surface area contributed by atoms with Crippen LogP contribution in [-0.4, -0.2) is 30.2 Å². The van der Waals surface area contributed by atoms with Crippen LogP contribution in [0.25, 0.3) is 0 Å². The van der Waals surface area contributed by atoms with Crippen molar-refractivity contribution in [2.45, 2.75) is 4.90 Å². The zero-order chi connectivity index (χ0) is 15.6. The Morgan fingerprint density at radius 1 is 1.38 bits per heavy atom. The zero-order valence-corrected chi connectivity index (χ0v) is 12.1. The molecule has 0 radical (unpaired) electrons. The lowest BCUT2D eigenvalue weighted by atomic mass is 10.3. The van der Waals surface area contributed by atoms with E-state index in [0.29, 0.717) is 5.69 Å². The highest BCUT2D eigenvalue weighted by Gasteiger charge is 2.21. The topological polar surface area (TPSA) is 119 Å². The van der Waals surface area contributed by atoms with Crippen LogP contribution >= 0.6 is 0 Å². The van der Waals surface area contributed by atoms with Crippen molar-refractivity contribution in [1.82, 2.24) is 9.78 Å². The van der Waals surface area contributed by atoms with Crippen LogP contribution in [0.5, 0.6) is 0 Å². The second-order valence-electron chi connectivity index (χ2n) is 4.20. The van der Waals surface area contributed by atoms with Crippen LogP contribution < -0.4 is 10.0 Å². The Bertz CT molecular complexity index is 784. The Hall–Kier alpha value is -2.62. The van der Waals surface area contributed by atoms with E-state index in [1.54, 1.807) is 7.05 Å². The molecule has 0 fully saturated rings. The monoisotopic (exact) mass is 311 g/mol. The van der Waals surface area contributed by atoms with Gasteiger partial charge in [0.2, 0.25) is 0 Å². The van der Waals surface area contributed by atoms with E-state index < -0.39 is 14.9 Å². The molecule has 1 aromatic carbocycles. The summed E-state index contributed by atoms with van der Waals surface area (Å²) in [6.07, 6.45) is 2.87. The summed E-state index contributed by atoms with van der Waals surface area (Å²) in [5, 5.41) is 17.2. The SMILES string of the molecule is CNc1cc([N+](=O)[O-])ccc1S(=O)(=O)Nc1cnn(C)c1. The molecule has 10 heteroatoms. The Balaban J connectivity index is 2.42. The molecule has 0 saturated carbocycles. The second kappa shape index (κ2) is 5.40. The number of nitrogens with one attached hydrogen (secondary N) is 2. The van der Waals surface area contributed by atoms with E-state index in [-0.39, 0.29) is 16.3 Å². The Morgan fingerprint density at radius 2 is 2.10 bits per heavy atom. The van der Waals surface area contributed by atoms with Gasteiger partial charge in [0.05, 0.1) is 22.5 Å². The van der Waals surface area contributed by atoms with E-state index in [9.17, 15) is 18.5 Å². The molecule has 1 aromatic heterocycles. The molecule has 21 heavy (non-hydrogen) atoms. The fourth-order valence-electron chi connectivity index (χ4n) is 1.75. The van der Waals surface area contributed by atoms with Crippen molar-refractivity contribution < 1.29 is 13.3 Å². The van der Waals surface area contributed by atoms with Gasteiger partial charge in [0.1, 0.15) is 4.90 Å². The van der Waals surface area contributed by atoms with E-state index in [0.717, 1.165) is 12.1 Å². The summed E-state index contributed by atoms with van der Waals surface area (Å²) in [7, 11) is -0.730. The van der Waals surface area contributed by atoms with Crippen molar-refractivity contribution in [3.63, 3.8) is 0 Å². The Labute approximate surface area is 120 Å². The van der Waals surface area contributed by atoms with Gasteiger partial charge in [0.15, 0.2) is 0 Å². The number of hydrogen-bond donors (Lipinski definition) is 2. The maximum absolute atomic E-state index is 12.3. The molecule has 9 nitrogen and oxygen atoms in total. The molecule has 0 saturated heterocycles. The summed E-state index contributed by atoms with van der Waals surface area (Å²) < 4.78 is 28.4. The van der Waals surface area contributed by atoms with Crippen LogP contribution in [0.15, 0.2) is 35.5 Å². The maximum Gasteiger partial charge on any atom is 0.271 e. The Kier molecular flexibility index (Phi) is 3.80. The minimum Gasteiger partial charge on any atom is -0.387 e. The predicted molar refractivity (Wildman–Crippen MR) is 76.7 cm³/mol. The van der Waals surface area contributed by atoms with Crippen molar-refractivity contribution in [1.29, 1.82) is 0 Å². The molecule has 2 aromatic rings. The molecule has 0 aliphatic rings. The lowest BCUT2D eigenvalue weighted by Gasteiger charge is -2.10. The highest BCUT2D eigenvalue weighted by molar-refractivity contribution is 7.92. The van der Waals surface area contributed by atoms with E-state index in [1.807, 2.05) is 0 Å². The maximum atomic E-state index is 12.3. The molecule has 0 spiro atoms. The smallest absolute Gasteiger partial charge is 0.271 e. The number of hydrogen-bond acceptors (Lipinski definition) is 6. The van der Waals surface area contributed by atoms with E-state index in [2.05, 4.69) is 15.1 Å². The molecular weight excluding hydrogens is 298 g/mol. The minimum absolute atomic E-state index is 0.0838. The van der Waals surface area contributed by atoms with E-state index in [1.165, 1.54) is 30.2 Å². The molecule has 0 aliphatic heterocycles. The van der Waals surface area contributed by atoms with Gasteiger partial charge in [-0.1, -0.05) is 0 Å². The molecule has 112 valence electrons. The molecule has 1 heterocycles. The number of aryl methyl sites for hydroxylation is 1. The van der Waals surface area contributed by atoms with Gasteiger partial charge >= 0.3 is 0 Å². The van der Waals surface area contributed by atoms with Crippen molar-refractivity contribution in [3.8, 4) is 0 Å². The summed E-state index contributed by atoms with van der Waals surface area (Å²) in [5.74, 6) is 0. The van der Waals surface area contributed by atoms with Crippen LogP contribution in [-0.2, 0) is 17.1 Å². The molecule has 0 aliphatic carbocycles. The second-order valence-corrected chi connectivity index (χ2v) is 5.85. The number of non-ortho nitro benzene ring substituents is 1. The van der Waals surface area contributed by atoms with Gasteiger partial charge in [-0.2, -0.15) is 5.10 Å². The average Bonchev–Trinajstić information content (AvgIpc) is 2.82. The summed E-state index contributed by atoms with van der Waals surface area (Å²) in [6.45, 7) is 0. The largest absolute Gasteiger partial charge is 0.387 e. The lowest BCUT2D eigenvalue weighted by Crippen LogP contribution is -2.14. The number of rotatable bonds is 5. The number of nitro benzene ring substituents is 1. The third-order valence-electron chi connectivity index (χ3n) is 2.69. The average molecular weight is 311 g/mol. The fourth-order valence-corrected chi connectivity index (χ4v) is 2.97. The number of benzene rings is 1. The van der Waals surface area contributed by atoms with E-state index in [4.69, 9.17) is 0 Å². The minimum atomic E-state index is -3.87. The number of nitrogens with zero attached hydrogens (tertiary/aromatic N) is 3. The van der Waals surface area contributed by atoms with E-state index >= 15 is 0 Å². The summed E-state index contributed by atoms with van der Waals surface area (Å²) >= 11 is 0. The summed E-state index contributed by atoms with van der Waals surface area (Å²) in [6, 6.07) is 3.49. The quantitative estimate of drug-likeness (QED) is 0.632. The van der Waals surface area contributed by atoms with Crippen LogP contribution in [0.3, 0.4) is 0 Å². The normalized spacial score (nSPS) is 11.1. The summed E-state index contributed by atoms with van der Waals surface area (Å²) in [5.41, 5.74) is 0.248. The van der Waals surface area contributed by atoms with Gasteiger partial charge in [0, 0.05) is 32.4 Å². The van der Waals surface area contributed by atoms with Crippen molar-refractivity contribution in [3.05, 3.63) is 40.7 Å². The highest BCUT2D eigenvalue weighted by atomic mass is 32.2. The third-order valence-corrected chi connectivity index (χ3v) is 4.13. The Morgan fingerprint density at radius 3 is 2.62 bits per heavy atom. The zero-order valence-electron chi connectivity index (χ0n) is 11.3. The summed E-state index contributed by atoms with van der Waals surface area (Å²) in [4.78, 5) is 10.1. The van der Waals surface area contributed by atoms with Gasteiger partial charge in [-0.15, -0.1) is 0 Å². The molecule has 0 bridgehead atoms. The fraction of sp³-hybridized carbons (Fsp3) is 0.182. The van der Waals surface area contributed by atoms with Crippen molar-refractivity contribution >= 4 is 27.1 Å². The van der Waals surface area contributed by atoms with Crippen LogP contribution in [0, 0.1) is 10.1 Å². The number of aromatic nitrogens is 2. The molecule has 0 atom stereocenters. The van der Waals surface area contributed by atoms with Crippen LogP contribution in [0.4, 0.5) is 17.1 Å². The predicted octanol–water partition coefficient (Wildman–Crippen LogP) is 1.17. The first-order valence-electron chi connectivity index (χ1n) is 5.81.